The molecule has 0 aromatic carbocycles. The predicted octanol–water partition coefficient (Wildman–Crippen LogP) is -1.43. The standard InChI is InChI=1S/C6H12N2O2/c7-4(3-1-2-3)5(9)6(8)10/h3-5,9H,1-2,7H2,(H2,8,10)/t4-,5?/m0/s1. The zero-order valence-corrected chi connectivity index (χ0v) is 5.66. The SMILES string of the molecule is NC(=O)C(O)[C@@H](N)C1CC1. The van der Waals surface area contributed by atoms with Crippen LogP contribution in [0.3, 0.4) is 0 Å². The molecule has 4 heteroatoms. The van der Waals surface area contributed by atoms with Crippen LogP contribution in [-0.4, -0.2) is 23.2 Å². The van der Waals surface area contributed by atoms with Gasteiger partial charge in [-0.2, -0.15) is 0 Å². The maximum Gasteiger partial charge on any atom is 0.247 e. The van der Waals surface area contributed by atoms with E-state index in [1.165, 1.54) is 0 Å². The molecule has 0 heterocycles. The van der Waals surface area contributed by atoms with Gasteiger partial charge in [0, 0.05) is 6.04 Å². The Morgan fingerprint density at radius 1 is 1.60 bits per heavy atom. The van der Waals surface area contributed by atoms with Gasteiger partial charge in [0.15, 0.2) is 0 Å². The van der Waals surface area contributed by atoms with Crippen LogP contribution in [0, 0.1) is 5.92 Å². The highest BCUT2D eigenvalue weighted by atomic mass is 16.3. The van der Waals surface area contributed by atoms with Crippen LogP contribution in [0.15, 0.2) is 0 Å². The lowest BCUT2D eigenvalue weighted by molar-refractivity contribution is -0.127. The molecule has 1 aliphatic rings. The molecule has 0 spiro atoms. The van der Waals surface area contributed by atoms with Gasteiger partial charge in [-0.25, -0.2) is 0 Å². The van der Waals surface area contributed by atoms with Gasteiger partial charge in [-0.15, -0.1) is 0 Å². The fourth-order valence-electron chi connectivity index (χ4n) is 0.929. The Morgan fingerprint density at radius 3 is 2.40 bits per heavy atom. The van der Waals surface area contributed by atoms with Gasteiger partial charge in [0.25, 0.3) is 0 Å². The maximum absolute atomic E-state index is 10.4. The minimum Gasteiger partial charge on any atom is -0.382 e. The minimum atomic E-state index is -1.16. The number of aliphatic hydroxyl groups is 1. The monoisotopic (exact) mass is 144 g/mol. The second-order valence-corrected chi connectivity index (χ2v) is 2.76. The van der Waals surface area contributed by atoms with Crippen LogP contribution in [0.25, 0.3) is 0 Å². The third-order valence-electron chi connectivity index (χ3n) is 1.82. The third-order valence-corrected chi connectivity index (χ3v) is 1.82. The van der Waals surface area contributed by atoms with E-state index in [0.717, 1.165) is 12.8 Å². The molecule has 0 aromatic heterocycles. The molecule has 0 radical (unpaired) electrons. The number of amides is 1. The van der Waals surface area contributed by atoms with Crippen molar-refractivity contribution in [2.75, 3.05) is 0 Å². The number of hydrogen-bond acceptors (Lipinski definition) is 3. The first-order valence-corrected chi connectivity index (χ1v) is 3.36. The van der Waals surface area contributed by atoms with Gasteiger partial charge < -0.3 is 16.6 Å². The first-order chi connectivity index (χ1) is 4.63. The van der Waals surface area contributed by atoms with Crippen LogP contribution in [0.5, 0.6) is 0 Å². The van der Waals surface area contributed by atoms with Crippen molar-refractivity contribution in [2.24, 2.45) is 17.4 Å². The van der Waals surface area contributed by atoms with Crippen molar-refractivity contribution >= 4 is 5.91 Å². The van der Waals surface area contributed by atoms with E-state index in [1.807, 2.05) is 0 Å². The Bertz CT molecular complexity index is 145. The molecule has 2 atom stereocenters. The van der Waals surface area contributed by atoms with Gasteiger partial charge >= 0.3 is 0 Å². The fourth-order valence-corrected chi connectivity index (χ4v) is 0.929. The van der Waals surface area contributed by atoms with Crippen molar-refractivity contribution in [3.63, 3.8) is 0 Å². The third kappa shape index (κ3) is 1.46. The molecule has 0 saturated heterocycles. The van der Waals surface area contributed by atoms with Crippen LogP contribution in [-0.2, 0) is 4.79 Å². The van der Waals surface area contributed by atoms with Crippen LogP contribution < -0.4 is 11.5 Å². The van der Waals surface area contributed by atoms with Crippen LogP contribution in [0.2, 0.25) is 0 Å². The van der Waals surface area contributed by atoms with E-state index in [9.17, 15) is 4.79 Å². The van der Waals surface area contributed by atoms with Crippen LogP contribution in [0.4, 0.5) is 0 Å². The molecular formula is C6H12N2O2. The van der Waals surface area contributed by atoms with Crippen molar-refractivity contribution in [3.8, 4) is 0 Å². The average molecular weight is 144 g/mol. The topological polar surface area (TPSA) is 89.3 Å². The van der Waals surface area contributed by atoms with Crippen LogP contribution in [0.1, 0.15) is 12.8 Å². The molecule has 0 aliphatic heterocycles. The van der Waals surface area contributed by atoms with E-state index in [-0.39, 0.29) is 0 Å². The van der Waals surface area contributed by atoms with Gasteiger partial charge in [0.1, 0.15) is 6.10 Å². The van der Waals surface area contributed by atoms with Gasteiger partial charge in [-0.1, -0.05) is 0 Å². The molecule has 1 fully saturated rings. The Balaban J connectivity index is 2.38. The summed E-state index contributed by atoms with van der Waals surface area (Å²) in [5.41, 5.74) is 10.3. The number of primary amides is 1. The van der Waals surface area contributed by atoms with E-state index in [4.69, 9.17) is 16.6 Å². The van der Waals surface area contributed by atoms with Crippen molar-refractivity contribution < 1.29 is 9.90 Å². The first kappa shape index (κ1) is 7.50. The van der Waals surface area contributed by atoms with Crippen LogP contribution >= 0.6 is 0 Å². The molecule has 4 nitrogen and oxygen atoms in total. The molecule has 1 amide bonds. The smallest absolute Gasteiger partial charge is 0.247 e. The molecule has 1 rings (SSSR count). The van der Waals surface area contributed by atoms with E-state index < -0.39 is 18.1 Å². The highest BCUT2D eigenvalue weighted by Gasteiger charge is 2.35. The lowest BCUT2D eigenvalue weighted by Gasteiger charge is -2.13. The lowest BCUT2D eigenvalue weighted by atomic mass is 10.1. The normalized spacial score (nSPS) is 23.8. The zero-order chi connectivity index (χ0) is 7.72. The molecule has 1 aliphatic carbocycles. The van der Waals surface area contributed by atoms with Crippen molar-refractivity contribution in [1.29, 1.82) is 0 Å². The fraction of sp³-hybridized carbons (Fsp3) is 0.833. The van der Waals surface area contributed by atoms with Gasteiger partial charge in [-0.05, 0) is 18.8 Å². The van der Waals surface area contributed by atoms with Crippen molar-refractivity contribution in [2.45, 2.75) is 25.0 Å². The summed E-state index contributed by atoms with van der Waals surface area (Å²) in [6.45, 7) is 0. The maximum atomic E-state index is 10.4. The molecule has 1 unspecified atom stereocenters. The Hall–Kier alpha value is -0.610. The number of nitrogens with two attached hydrogens (primary N) is 2. The second kappa shape index (κ2) is 2.56. The second-order valence-electron chi connectivity index (χ2n) is 2.76. The van der Waals surface area contributed by atoms with Gasteiger partial charge in [-0.3, -0.25) is 4.79 Å². The molecular weight excluding hydrogens is 132 g/mol. The highest BCUT2D eigenvalue weighted by Crippen LogP contribution is 2.32. The number of aliphatic hydroxyl groups excluding tert-OH is 1. The molecule has 58 valence electrons. The number of carbonyl (C=O) groups is 1. The molecule has 0 bridgehead atoms. The van der Waals surface area contributed by atoms with Crippen molar-refractivity contribution in [1.82, 2.24) is 0 Å². The van der Waals surface area contributed by atoms with Gasteiger partial charge in [0.2, 0.25) is 5.91 Å². The Kier molecular flexibility index (Phi) is 1.92. The predicted molar refractivity (Wildman–Crippen MR) is 35.9 cm³/mol. The molecule has 1 saturated carbocycles. The Labute approximate surface area is 59.2 Å². The average Bonchev–Trinajstić information content (AvgIpc) is 2.65. The number of rotatable bonds is 3. The summed E-state index contributed by atoms with van der Waals surface area (Å²) in [6.07, 6.45) is 0.851. The Morgan fingerprint density at radius 2 is 2.10 bits per heavy atom. The van der Waals surface area contributed by atoms with E-state index in [2.05, 4.69) is 0 Å². The summed E-state index contributed by atoms with van der Waals surface area (Å²) in [6, 6.07) is -0.447. The number of carbonyl (C=O) groups excluding carboxylic acids is 1. The summed E-state index contributed by atoms with van der Waals surface area (Å²) in [5, 5.41) is 9.01. The summed E-state index contributed by atoms with van der Waals surface area (Å²) >= 11 is 0. The molecule has 5 N–H and O–H groups in total. The van der Waals surface area contributed by atoms with E-state index in [0.29, 0.717) is 5.92 Å². The highest BCUT2D eigenvalue weighted by molar-refractivity contribution is 5.79. The zero-order valence-electron chi connectivity index (χ0n) is 5.66. The molecule has 0 aromatic rings. The minimum absolute atomic E-state index is 0.308. The summed E-state index contributed by atoms with van der Waals surface area (Å²) in [4.78, 5) is 10.4. The summed E-state index contributed by atoms with van der Waals surface area (Å²) in [7, 11) is 0. The quantitative estimate of drug-likeness (QED) is 0.453. The number of hydrogen-bond donors (Lipinski definition) is 3. The van der Waals surface area contributed by atoms with Crippen molar-refractivity contribution in [3.05, 3.63) is 0 Å². The summed E-state index contributed by atoms with van der Waals surface area (Å²) in [5.74, 6) is -0.415. The first-order valence-electron chi connectivity index (χ1n) is 3.36. The summed E-state index contributed by atoms with van der Waals surface area (Å²) < 4.78 is 0. The largest absolute Gasteiger partial charge is 0.382 e. The molecule has 10 heavy (non-hydrogen) atoms. The van der Waals surface area contributed by atoms with E-state index >= 15 is 0 Å². The lowest BCUT2D eigenvalue weighted by Crippen LogP contribution is -2.45. The van der Waals surface area contributed by atoms with E-state index in [1.54, 1.807) is 0 Å². The van der Waals surface area contributed by atoms with Gasteiger partial charge in [0.05, 0.1) is 0 Å².